The van der Waals surface area contributed by atoms with E-state index >= 15 is 0 Å². The van der Waals surface area contributed by atoms with Gasteiger partial charge in [0.05, 0.1) is 6.20 Å². The van der Waals surface area contributed by atoms with Gasteiger partial charge in [-0.25, -0.2) is 0 Å². The van der Waals surface area contributed by atoms with Gasteiger partial charge in [-0.3, -0.25) is 14.5 Å². The molecule has 6 nitrogen and oxygen atoms in total. The highest BCUT2D eigenvalue weighted by Gasteiger charge is 2.15. The van der Waals surface area contributed by atoms with Crippen LogP contribution in [0.3, 0.4) is 0 Å². The van der Waals surface area contributed by atoms with Gasteiger partial charge in [-0.05, 0) is 41.8 Å². The molecule has 0 aliphatic carbocycles. The van der Waals surface area contributed by atoms with Crippen LogP contribution in [0.4, 0.5) is 5.69 Å². The van der Waals surface area contributed by atoms with Crippen LogP contribution in [0.25, 0.3) is 0 Å². The fourth-order valence-corrected chi connectivity index (χ4v) is 2.64. The standard InChI is InChI=1S/C22H24N4O2/c1-3-13-23-22(27)21-20(15-25-26(21)2)24-14-17-9-11-19(12-10-17)28-16-18-7-5-4-6-8-18/h4-12,14-15H,3,13,16H2,1-2H3,(H,23,27). The molecule has 0 bridgehead atoms. The summed E-state index contributed by atoms with van der Waals surface area (Å²) in [5.41, 5.74) is 3.03. The largest absolute Gasteiger partial charge is 0.489 e. The van der Waals surface area contributed by atoms with Crippen LogP contribution in [-0.4, -0.2) is 28.4 Å². The van der Waals surface area contributed by atoms with E-state index in [1.807, 2.05) is 61.5 Å². The highest BCUT2D eigenvalue weighted by Crippen LogP contribution is 2.19. The van der Waals surface area contributed by atoms with E-state index in [1.54, 1.807) is 19.5 Å². The lowest BCUT2D eigenvalue weighted by Gasteiger charge is -2.06. The molecule has 0 saturated heterocycles. The second kappa shape index (κ2) is 9.50. The molecule has 0 atom stereocenters. The highest BCUT2D eigenvalue weighted by molar-refractivity contribution is 5.98. The molecule has 0 saturated carbocycles. The minimum Gasteiger partial charge on any atom is -0.489 e. The van der Waals surface area contributed by atoms with Crippen molar-refractivity contribution in [2.75, 3.05) is 6.54 Å². The van der Waals surface area contributed by atoms with E-state index in [0.717, 1.165) is 23.3 Å². The Morgan fingerprint density at radius 3 is 2.64 bits per heavy atom. The second-order valence-electron chi connectivity index (χ2n) is 6.36. The number of amides is 1. The van der Waals surface area contributed by atoms with Crippen molar-refractivity contribution in [3.05, 3.63) is 77.6 Å². The van der Waals surface area contributed by atoms with Crippen molar-refractivity contribution in [3.8, 4) is 5.75 Å². The molecule has 0 fully saturated rings. The zero-order chi connectivity index (χ0) is 19.8. The number of aromatic nitrogens is 2. The van der Waals surface area contributed by atoms with Gasteiger partial charge in [0.1, 0.15) is 18.0 Å². The number of carbonyl (C=O) groups excluding carboxylic acids is 1. The van der Waals surface area contributed by atoms with Crippen LogP contribution in [0.5, 0.6) is 5.75 Å². The Labute approximate surface area is 164 Å². The van der Waals surface area contributed by atoms with Gasteiger partial charge in [0.15, 0.2) is 5.69 Å². The lowest BCUT2D eigenvalue weighted by atomic mass is 10.2. The molecule has 0 aliphatic heterocycles. The highest BCUT2D eigenvalue weighted by atomic mass is 16.5. The lowest BCUT2D eigenvalue weighted by Crippen LogP contribution is -2.26. The topological polar surface area (TPSA) is 68.5 Å². The summed E-state index contributed by atoms with van der Waals surface area (Å²) >= 11 is 0. The molecule has 1 amide bonds. The molecule has 0 spiro atoms. The van der Waals surface area contributed by atoms with Crippen molar-refractivity contribution < 1.29 is 9.53 Å². The van der Waals surface area contributed by atoms with Gasteiger partial charge in [0.2, 0.25) is 0 Å². The first-order valence-electron chi connectivity index (χ1n) is 9.28. The lowest BCUT2D eigenvalue weighted by molar-refractivity contribution is 0.0945. The first-order valence-corrected chi connectivity index (χ1v) is 9.28. The summed E-state index contributed by atoms with van der Waals surface area (Å²) < 4.78 is 7.33. The Kier molecular flexibility index (Phi) is 6.57. The number of hydrogen-bond donors (Lipinski definition) is 1. The van der Waals surface area contributed by atoms with Gasteiger partial charge < -0.3 is 10.1 Å². The van der Waals surface area contributed by atoms with Crippen molar-refractivity contribution in [1.29, 1.82) is 0 Å². The smallest absolute Gasteiger partial charge is 0.271 e. The van der Waals surface area contributed by atoms with Crippen LogP contribution < -0.4 is 10.1 Å². The third-order valence-electron chi connectivity index (χ3n) is 4.15. The number of benzene rings is 2. The molecule has 1 aromatic heterocycles. The van der Waals surface area contributed by atoms with Crippen molar-refractivity contribution in [1.82, 2.24) is 15.1 Å². The summed E-state index contributed by atoms with van der Waals surface area (Å²) in [5.74, 6) is 0.626. The average molecular weight is 376 g/mol. The summed E-state index contributed by atoms with van der Waals surface area (Å²) in [6.45, 7) is 3.16. The van der Waals surface area contributed by atoms with E-state index in [-0.39, 0.29) is 5.91 Å². The maximum Gasteiger partial charge on any atom is 0.271 e. The Bertz CT molecular complexity index is 931. The zero-order valence-electron chi connectivity index (χ0n) is 16.1. The monoisotopic (exact) mass is 376 g/mol. The average Bonchev–Trinajstić information content (AvgIpc) is 3.11. The summed E-state index contributed by atoms with van der Waals surface area (Å²) in [5, 5.41) is 7.01. The van der Waals surface area contributed by atoms with Crippen LogP contribution in [0.1, 0.15) is 35.0 Å². The predicted octanol–water partition coefficient (Wildman–Crippen LogP) is 3.89. The van der Waals surface area contributed by atoms with Gasteiger partial charge >= 0.3 is 0 Å². The van der Waals surface area contributed by atoms with E-state index in [4.69, 9.17) is 4.74 Å². The fraction of sp³-hybridized carbons (Fsp3) is 0.227. The van der Waals surface area contributed by atoms with Gasteiger partial charge in [0, 0.05) is 19.8 Å². The van der Waals surface area contributed by atoms with E-state index in [2.05, 4.69) is 15.4 Å². The van der Waals surface area contributed by atoms with Gasteiger partial charge in [0.25, 0.3) is 5.91 Å². The van der Waals surface area contributed by atoms with Crippen molar-refractivity contribution in [2.24, 2.45) is 12.0 Å². The molecule has 0 unspecified atom stereocenters. The molecule has 28 heavy (non-hydrogen) atoms. The summed E-state index contributed by atoms with van der Waals surface area (Å²) in [6, 6.07) is 17.7. The SMILES string of the molecule is CCCNC(=O)c1c(N=Cc2ccc(OCc3ccccc3)cc2)cnn1C. The second-order valence-corrected chi connectivity index (χ2v) is 6.36. The van der Waals surface area contributed by atoms with E-state index < -0.39 is 0 Å². The zero-order valence-corrected chi connectivity index (χ0v) is 16.1. The Morgan fingerprint density at radius 2 is 1.93 bits per heavy atom. The first-order chi connectivity index (χ1) is 13.7. The number of ether oxygens (including phenoxy) is 1. The van der Waals surface area contributed by atoms with Crippen LogP contribution >= 0.6 is 0 Å². The van der Waals surface area contributed by atoms with Gasteiger partial charge in [-0.15, -0.1) is 0 Å². The Balaban J connectivity index is 1.64. The number of hydrogen-bond acceptors (Lipinski definition) is 4. The normalized spacial score (nSPS) is 10.9. The predicted molar refractivity (Wildman–Crippen MR) is 110 cm³/mol. The molecule has 0 radical (unpaired) electrons. The number of aliphatic imine (C=N–C) groups is 1. The fourth-order valence-electron chi connectivity index (χ4n) is 2.64. The number of nitrogens with one attached hydrogen (secondary N) is 1. The summed E-state index contributed by atoms with van der Waals surface area (Å²) in [7, 11) is 1.73. The molecule has 1 heterocycles. The third kappa shape index (κ3) is 5.07. The van der Waals surface area contributed by atoms with E-state index in [9.17, 15) is 4.79 Å². The molecule has 3 rings (SSSR count). The summed E-state index contributed by atoms with van der Waals surface area (Å²) in [4.78, 5) is 16.7. The number of rotatable bonds is 8. The minimum atomic E-state index is -0.168. The molecular weight excluding hydrogens is 352 g/mol. The van der Waals surface area contributed by atoms with Crippen molar-refractivity contribution in [3.63, 3.8) is 0 Å². The van der Waals surface area contributed by atoms with Gasteiger partial charge in [-0.2, -0.15) is 5.10 Å². The maximum absolute atomic E-state index is 12.3. The molecular formula is C22H24N4O2. The van der Waals surface area contributed by atoms with Gasteiger partial charge in [-0.1, -0.05) is 37.3 Å². The van der Waals surface area contributed by atoms with Crippen LogP contribution in [-0.2, 0) is 13.7 Å². The van der Waals surface area contributed by atoms with E-state index in [0.29, 0.717) is 24.5 Å². The number of aryl methyl sites for hydroxylation is 1. The van der Waals surface area contributed by atoms with Crippen molar-refractivity contribution >= 4 is 17.8 Å². The Morgan fingerprint density at radius 1 is 1.18 bits per heavy atom. The van der Waals surface area contributed by atoms with Crippen molar-refractivity contribution in [2.45, 2.75) is 20.0 Å². The molecule has 144 valence electrons. The molecule has 2 aromatic carbocycles. The van der Waals surface area contributed by atoms with E-state index in [1.165, 1.54) is 4.68 Å². The molecule has 0 aliphatic rings. The third-order valence-corrected chi connectivity index (χ3v) is 4.15. The molecule has 6 heteroatoms. The minimum absolute atomic E-state index is 0.168. The molecule has 3 aromatic rings. The quantitative estimate of drug-likeness (QED) is 0.607. The van der Waals surface area contributed by atoms with Crippen LogP contribution in [0.15, 0.2) is 65.8 Å². The number of nitrogens with zero attached hydrogens (tertiary/aromatic N) is 3. The maximum atomic E-state index is 12.3. The number of carbonyl (C=O) groups is 1. The summed E-state index contributed by atoms with van der Waals surface area (Å²) in [6.07, 6.45) is 4.18. The van der Waals surface area contributed by atoms with Crippen LogP contribution in [0, 0.1) is 0 Å². The van der Waals surface area contributed by atoms with Crippen LogP contribution in [0.2, 0.25) is 0 Å². The Hall–Kier alpha value is -3.41. The first kappa shape index (κ1) is 19.4. The molecule has 1 N–H and O–H groups in total.